The molecule has 1 aliphatic rings. The SMILES string of the molecule is CC(C)CC1(CNCC(O)CN(C)C)CCCC1. The fraction of sp³-hybridized carbons (Fsp3) is 1.00. The van der Waals surface area contributed by atoms with E-state index < -0.39 is 0 Å². The molecule has 0 radical (unpaired) electrons. The molecule has 0 saturated heterocycles. The Bertz CT molecular complexity index is 223. The van der Waals surface area contributed by atoms with E-state index in [9.17, 15) is 5.11 Å². The van der Waals surface area contributed by atoms with E-state index >= 15 is 0 Å². The van der Waals surface area contributed by atoms with Crippen molar-refractivity contribution in [1.29, 1.82) is 0 Å². The van der Waals surface area contributed by atoms with Crippen LogP contribution in [0.25, 0.3) is 0 Å². The van der Waals surface area contributed by atoms with E-state index in [-0.39, 0.29) is 6.10 Å². The first-order valence-electron chi connectivity index (χ1n) is 7.47. The largest absolute Gasteiger partial charge is 0.390 e. The maximum atomic E-state index is 9.86. The molecule has 1 aliphatic carbocycles. The summed E-state index contributed by atoms with van der Waals surface area (Å²) < 4.78 is 0. The lowest BCUT2D eigenvalue weighted by molar-refractivity contribution is 0.126. The molecule has 0 spiro atoms. The molecule has 1 fully saturated rings. The number of aliphatic hydroxyl groups excluding tert-OH is 1. The maximum absolute atomic E-state index is 9.86. The molecule has 1 rings (SSSR count). The predicted molar refractivity (Wildman–Crippen MR) is 77.8 cm³/mol. The number of nitrogens with zero attached hydrogens (tertiary/aromatic N) is 1. The second-order valence-electron chi connectivity index (χ2n) is 6.85. The van der Waals surface area contributed by atoms with Crippen molar-refractivity contribution in [1.82, 2.24) is 10.2 Å². The first-order valence-corrected chi connectivity index (χ1v) is 7.47. The van der Waals surface area contributed by atoms with Crippen molar-refractivity contribution in [3.05, 3.63) is 0 Å². The number of nitrogens with one attached hydrogen (secondary N) is 1. The van der Waals surface area contributed by atoms with Crippen LogP contribution in [0.4, 0.5) is 0 Å². The summed E-state index contributed by atoms with van der Waals surface area (Å²) in [5, 5.41) is 13.4. The third-order valence-electron chi connectivity index (χ3n) is 3.96. The number of rotatable bonds is 8. The Morgan fingerprint density at radius 2 is 1.83 bits per heavy atom. The number of likely N-dealkylation sites (N-methyl/N-ethyl adjacent to an activating group) is 1. The van der Waals surface area contributed by atoms with Crippen LogP contribution < -0.4 is 5.32 Å². The number of aliphatic hydroxyl groups is 1. The Hall–Kier alpha value is -0.120. The zero-order chi connectivity index (χ0) is 13.6. The van der Waals surface area contributed by atoms with E-state index in [0.29, 0.717) is 5.41 Å². The number of hydrogen-bond acceptors (Lipinski definition) is 3. The van der Waals surface area contributed by atoms with E-state index in [0.717, 1.165) is 25.6 Å². The van der Waals surface area contributed by atoms with Crippen LogP contribution in [0.15, 0.2) is 0 Å². The Morgan fingerprint density at radius 3 is 2.33 bits per heavy atom. The van der Waals surface area contributed by atoms with Crippen molar-refractivity contribution in [3.63, 3.8) is 0 Å². The minimum atomic E-state index is -0.252. The lowest BCUT2D eigenvalue weighted by Crippen LogP contribution is -2.40. The summed E-state index contributed by atoms with van der Waals surface area (Å²) in [6.45, 7) is 7.18. The van der Waals surface area contributed by atoms with Crippen LogP contribution in [0.1, 0.15) is 46.0 Å². The average Bonchev–Trinajstić information content (AvgIpc) is 2.64. The fourth-order valence-corrected chi connectivity index (χ4v) is 3.43. The summed E-state index contributed by atoms with van der Waals surface area (Å²) in [5.41, 5.74) is 0.506. The van der Waals surface area contributed by atoms with Gasteiger partial charge >= 0.3 is 0 Å². The average molecular weight is 256 g/mol. The molecular weight excluding hydrogens is 224 g/mol. The molecule has 0 aromatic rings. The summed E-state index contributed by atoms with van der Waals surface area (Å²) in [7, 11) is 4.00. The van der Waals surface area contributed by atoms with Gasteiger partial charge in [-0.25, -0.2) is 0 Å². The molecule has 2 N–H and O–H groups in total. The molecule has 3 heteroatoms. The molecule has 1 unspecified atom stereocenters. The maximum Gasteiger partial charge on any atom is 0.0791 e. The van der Waals surface area contributed by atoms with E-state index in [1.165, 1.54) is 32.1 Å². The molecule has 0 heterocycles. The molecular formula is C15H32N2O. The fourth-order valence-electron chi connectivity index (χ4n) is 3.43. The molecule has 18 heavy (non-hydrogen) atoms. The first-order chi connectivity index (χ1) is 8.43. The monoisotopic (exact) mass is 256 g/mol. The summed E-state index contributed by atoms with van der Waals surface area (Å²) in [6.07, 6.45) is 6.56. The standard InChI is InChI=1S/C15H32N2O/c1-13(2)9-15(7-5-6-8-15)12-16-10-14(18)11-17(3)4/h13-14,16,18H,5-12H2,1-4H3. The van der Waals surface area contributed by atoms with Crippen molar-refractivity contribution in [2.24, 2.45) is 11.3 Å². The van der Waals surface area contributed by atoms with Crippen LogP contribution in [0, 0.1) is 11.3 Å². The van der Waals surface area contributed by atoms with Gasteiger partial charge in [0.15, 0.2) is 0 Å². The summed E-state index contributed by atoms with van der Waals surface area (Å²) in [6, 6.07) is 0. The van der Waals surface area contributed by atoms with Gasteiger partial charge in [-0.1, -0.05) is 26.7 Å². The van der Waals surface area contributed by atoms with Crippen LogP contribution in [-0.4, -0.2) is 49.8 Å². The van der Waals surface area contributed by atoms with Gasteiger partial charge in [-0.15, -0.1) is 0 Å². The second kappa shape index (κ2) is 7.46. The Kier molecular flexibility index (Phi) is 6.61. The second-order valence-corrected chi connectivity index (χ2v) is 6.85. The molecule has 0 aliphatic heterocycles. The Morgan fingerprint density at radius 1 is 1.22 bits per heavy atom. The zero-order valence-electron chi connectivity index (χ0n) is 12.7. The van der Waals surface area contributed by atoms with E-state index in [1.54, 1.807) is 0 Å². The van der Waals surface area contributed by atoms with Crippen molar-refractivity contribution in [2.45, 2.75) is 52.1 Å². The van der Waals surface area contributed by atoms with E-state index in [1.807, 2.05) is 19.0 Å². The van der Waals surface area contributed by atoms with E-state index in [2.05, 4.69) is 19.2 Å². The summed E-state index contributed by atoms with van der Waals surface area (Å²) >= 11 is 0. The van der Waals surface area contributed by atoms with Gasteiger partial charge in [0.2, 0.25) is 0 Å². The number of hydrogen-bond donors (Lipinski definition) is 2. The summed E-state index contributed by atoms with van der Waals surface area (Å²) in [5.74, 6) is 0.775. The molecule has 1 atom stereocenters. The van der Waals surface area contributed by atoms with Gasteiger partial charge in [-0.05, 0) is 44.7 Å². The van der Waals surface area contributed by atoms with Crippen LogP contribution >= 0.6 is 0 Å². The lowest BCUT2D eigenvalue weighted by Gasteiger charge is -2.32. The third-order valence-corrected chi connectivity index (χ3v) is 3.96. The highest BCUT2D eigenvalue weighted by Gasteiger charge is 2.33. The first kappa shape index (κ1) is 15.9. The molecule has 0 bridgehead atoms. The minimum absolute atomic E-state index is 0.252. The third kappa shape index (κ3) is 5.68. The van der Waals surface area contributed by atoms with Crippen LogP contribution in [0.5, 0.6) is 0 Å². The topological polar surface area (TPSA) is 35.5 Å². The van der Waals surface area contributed by atoms with Gasteiger partial charge in [-0.3, -0.25) is 0 Å². The van der Waals surface area contributed by atoms with Gasteiger partial charge in [0.25, 0.3) is 0 Å². The van der Waals surface area contributed by atoms with Gasteiger partial charge < -0.3 is 15.3 Å². The molecule has 0 aromatic carbocycles. The van der Waals surface area contributed by atoms with Gasteiger partial charge in [-0.2, -0.15) is 0 Å². The van der Waals surface area contributed by atoms with Crippen molar-refractivity contribution in [2.75, 3.05) is 33.7 Å². The minimum Gasteiger partial charge on any atom is -0.390 e. The summed E-state index contributed by atoms with van der Waals surface area (Å²) in [4.78, 5) is 2.03. The highest BCUT2D eigenvalue weighted by atomic mass is 16.3. The van der Waals surface area contributed by atoms with Gasteiger partial charge in [0, 0.05) is 19.6 Å². The normalized spacial score (nSPS) is 20.8. The molecule has 0 amide bonds. The van der Waals surface area contributed by atoms with Crippen LogP contribution in [0.3, 0.4) is 0 Å². The van der Waals surface area contributed by atoms with Crippen molar-refractivity contribution < 1.29 is 5.11 Å². The van der Waals surface area contributed by atoms with Gasteiger partial charge in [0.05, 0.1) is 6.10 Å². The molecule has 108 valence electrons. The highest BCUT2D eigenvalue weighted by Crippen LogP contribution is 2.42. The Labute approximate surface area is 113 Å². The van der Waals surface area contributed by atoms with E-state index in [4.69, 9.17) is 0 Å². The highest BCUT2D eigenvalue weighted by molar-refractivity contribution is 4.87. The van der Waals surface area contributed by atoms with Crippen molar-refractivity contribution >= 4 is 0 Å². The smallest absolute Gasteiger partial charge is 0.0791 e. The quantitative estimate of drug-likeness (QED) is 0.698. The van der Waals surface area contributed by atoms with Crippen LogP contribution in [0.2, 0.25) is 0 Å². The molecule has 3 nitrogen and oxygen atoms in total. The Balaban J connectivity index is 2.30. The van der Waals surface area contributed by atoms with Gasteiger partial charge in [0.1, 0.15) is 0 Å². The molecule has 1 saturated carbocycles. The van der Waals surface area contributed by atoms with Crippen LogP contribution in [-0.2, 0) is 0 Å². The zero-order valence-corrected chi connectivity index (χ0v) is 12.7. The van der Waals surface area contributed by atoms with Crippen molar-refractivity contribution in [3.8, 4) is 0 Å². The lowest BCUT2D eigenvalue weighted by atomic mass is 9.78. The predicted octanol–water partition coefficient (Wildman–Crippen LogP) is 2.10. The molecule has 0 aromatic heterocycles.